The minimum atomic E-state index is -0.464. The molecule has 6 heteroatoms. The maximum Gasteiger partial charge on any atom is 0.330 e. The summed E-state index contributed by atoms with van der Waals surface area (Å²) >= 11 is 0. The van der Waals surface area contributed by atoms with E-state index in [1.807, 2.05) is 0 Å². The second-order valence-electron chi connectivity index (χ2n) is 5.26. The molecule has 0 atom stereocenters. The molecule has 0 aromatic carbocycles. The van der Waals surface area contributed by atoms with Crippen molar-refractivity contribution in [1.82, 2.24) is 9.88 Å². The van der Waals surface area contributed by atoms with Crippen LogP contribution in [0.15, 0.2) is 23.1 Å². The third kappa shape index (κ3) is 3.44. The van der Waals surface area contributed by atoms with Crippen LogP contribution >= 0.6 is 0 Å². The predicted molar refractivity (Wildman–Crippen MR) is 81.8 cm³/mol. The summed E-state index contributed by atoms with van der Waals surface area (Å²) < 4.78 is 5.93. The van der Waals surface area contributed by atoms with Crippen LogP contribution in [-0.2, 0) is 29.4 Å². The molecule has 2 rings (SSSR count). The van der Waals surface area contributed by atoms with Crippen LogP contribution in [0.4, 0.5) is 0 Å². The summed E-state index contributed by atoms with van der Waals surface area (Å²) in [6.45, 7) is 0.228. The average Bonchev–Trinajstić information content (AvgIpc) is 2.54. The lowest BCUT2D eigenvalue weighted by Crippen LogP contribution is -2.31. The molecule has 22 heavy (non-hydrogen) atoms. The van der Waals surface area contributed by atoms with E-state index in [0.717, 1.165) is 36.8 Å². The lowest BCUT2D eigenvalue weighted by molar-refractivity contribution is -0.134. The monoisotopic (exact) mass is 304 g/mol. The molecule has 0 saturated carbocycles. The smallest absolute Gasteiger partial charge is 0.330 e. The topological polar surface area (TPSA) is 77.4 Å². The average molecular weight is 304 g/mol. The molecule has 1 aromatic rings. The minimum Gasteiger partial charge on any atom is -0.466 e. The van der Waals surface area contributed by atoms with Gasteiger partial charge in [0.25, 0.3) is 11.5 Å². The van der Waals surface area contributed by atoms with Crippen LogP contribution in [0.5, 0.6) is 0 Å². The van der Waals surface area contributed by atoms with E-state index in [9.17, 15) is 14.4 Å². The number of aryl methyl sites for hydroxylation is 1. The zero-order valence-electron chi connectivity index (χ0n) is 12.8. The van der Waals surface area contributed by atoms with Gasteiger partial charge in [-0.2, -0.15) is 0 Å². The second-order valence-corrected chi connectivity index (χ2v) is 5.26. The molecule has 1 aliphatic rings. The number of carbonyl (C=O) groups excluding carboxylic acids is 2. The van der Waals surface area contributed by atoms with E-state index >= 15 is 0 Å². The molecular weight excluding hydrogens is 284 g/mol. The zero-order valence-corrected chi connectivity index (χ0v) is 12.8. The van der Waals surface area contributed by atoms with Gasteiger partial charge >= 0.3 is 5.97 Å². The zero-order chi connectivity index (χ0) is 16.1. The number of nitrogens with one attached hydrogen (secondary N) is 1. The lowest BCUT2D eigenvalue weighted by Gasteiger charge is -2.19. The van der Waals surface area contributed by atoms with Crippen molar-refractivity contribution in [2.24, 2.45) is 7.05 Å². The van der Waals surface area contributed by atoms with E-state index in [4.69, 9.17) is 0 Å². The number of rotatable bonds is 4. The Morgan fingerprint density at radius 1 is 1.32 bits per heavy atom. The van der Waals surface area contributed by atoms with Gasteiger partial charge in [-0.25, -0.2) is 4.79 Å². The molecule has 0 radical (unpaired) electrons. The molecule has 1 aliphatic carbocycles. The Kier molecular flexibility index (Phi) is 5.14. The van der Waals surface area contributed by atoms with Crippen molar-refractivity contribution in [2.75, 3.05) is 13.7 Å². The van der Waals surface area contributed by atoms with Gasteiger partial charge in [-0.1, -0.05) is 6.08 Å². The van der Waals surface area contributed by atoms with Crippen LogP contribution in [0.1, 0.15) is 34.3 Å². The Balaban J connectivity index is 2.16. The molecular formula is C16H20N2O4. The van der Waals surface area contributed by atoms with E-state index < -0.39 is 5.97 Å². The lowest BCUT2D eigenvalue weighted by atomic mass is 9.89. The largest absolute Gasteiger partial charge is 0.466 e. The van der Waals surface area contributed by atoms with Crippen molar-refractivity contribution in [3.63, 3.8) is 0 Å². The predicted octanol–water partition coefficient (Wildman–Crippen LogP) is 0.723. The summed E-state index contributed by atoms with van der Waals surface area (Å²) in [4.78, 5) is 35.4. The van der Waals surface area contributed by atoms with Crippen molar-refractivity contribution in [2.45, 2.75) is 25.7 Å². The highest BCUT2D eigenvalue weighted by atomic mass is 16.5. The molecule has 0 bridgehead atoms. The van der Waals surface area contributed by atoms with Crippen LogP contribution < -0.4 is 10.9 Å². The minimum absolute atomic E-state index is 0.0168. The van der Waals surface area contributed by atoms with E-state index in [1.54, 1.807) is 13.2 Å². The summed E-state index contributed by atoms with van der Waals surface area (Å²) in [6, 6.07) is 0. The SMILES string of the molecule is COC(=O)/C=C/CNC(=O)c1cn(C)c(=O)c2c1CCCC2. The molecule has 1 amide bonds. The first-order valence-electron chi connectivity index (χ1n) is 7.28. The fourth-order valence-electron chi connectivity index (χ4n) is 2.65. The Morgan fingerprint density at radius 3 is 2.68 bits per heavy atom. The van der Waals surface area contributed by atoms with Gasteiger partial charge in [0.2, 0.25) is 0 Å². The number of fused-ring (bicyclic) bond motifs is 1. The number of esters is 1. The molecule has 118 valence electrons. The van der Waals surface area contributed by atoms with Crippen LogP contribution in [0.3, 0.4) is 0 Å². The maximum atomic E-state index is 12.3. The number of pyridine rings is 1. The van der Waals surface area contributed by atoms with Gasteiger partial charge in [-0.15, -0.1) is 0 Å². The van der Waals surface area contributed by atoms with Crippen molar-refractivity contribution >= 4 is 11.9 Å². The third-order valence-corrected chi connectivity index (χ3v) is 3.77. The van der Waals surface area contributed by atoms with E-state index in [0.29, 0.717) is 5.56 Å². The van der Waals surface area contributed by atoms with Gasteiger partial charge in [0, 0.05) is 31.4 Å². The summed E-state index contributed by atoms with van der Waals surface area (Å²) in [5, 5.41) is 2.73. The number of aromatic nitrogens is 1. The molecule has 0 aliphatic heterocycles. The Bertz CT molecular complexity index is 673. The summed E-state index contributed by atoms with van der Waals surface area (Å²) in [5.74, 6) is -0.697. The summed E-state index contributed by atoms with van der Waals surface area (Å²) in [7, 11) is 2.95. The first-order chi connectivity index (χ1) is 10.5. The van der Waals surface area contributed by atoms with Gasteiger partial charge in [-0.3, -0.25) is 9.59 Å². The van der Waals surface area contributed by atoms with Crippen molar-refractivity contribution in [1.29, 1.82) is 0 Å². The number of hydrogen-bond acceptors (Lipinski definition) is 4. The number of amides is 1. The first kappa shape index (κ1) is 16.0. The highest BCUT2D eigenvalue weighted by molar-refractivity contribution is 5.96. The van der Waals surface area contributed by atoms with E-state index in [1.165, 1.54) is 23.8 Å². The third-order valence-electron chi connectivity index (χ3n) is 3.77. The quantitative estimate of drug-likeness (QED) is 0.657. The standard InChI is InChI=1S/C16H20N2O4/c1-18-10-13(11-6-3-4-7-12(11)16(18)21)15(20)17-9-5-8-14(19)22-2/h5,8,10H,3-4,6-7,9H2,1-2H3,(H,17,20)/b8-5+. The Morgan fingerprint density at radius 2 is 2.00 bits per heavy atom. The van der Waals surface area contributed by atoms with Gasteiger partial charge in [0.15, 0.2) is 0 Å². The Hall–Kier alpha value is -2.37. The molecule has 0 spiro atoms. The van der Waals surface area contributed by atoms with Crippen LogP contribution in [0.25, 0.3) is 0 Å². The maximum absolute atomic E-state index is 12.3. The molecule has 1 heterocycles. The van der Waals surface area contributed by atoms with Crippen LogP contribution in [0.2, 0.25) is 0 Å². The molecule has 1 aromatic heterocycles. The van der Waals surface area contributed by atoms with Crippen LogP contribution in [0, 0.1) is 0 Å². The fourth-order valence-corrected chi connectivity index (χ4v) is 2.65. The molecule has 0 saturated heterocycles. The molecule has 0 unspecified atom stereocenters. The van der Waals surface area contributed by atoms with Crippen molar-refractivity contribution in [3.8, 4) is 0 Å². The molecule has 6 nitrogen and oxygen atoms in total. The summed E-state index contributed by atoms with van der Waals surface area (Å²) in [5.41, 5.74) is 2.15. The molecule has 1 N–H and O–H groups in total. The normalized spacial score (nSPS) is 13.7. The highest BCUT2D eigenvalue weighted by Crippen LogP contribution is 2.21. The first-order valence-corrected chi connectivity index (χ1v) is 7.28. The fraction of sp³-hybridized carbons (Fsp3) is 0.438. The number of methoxy groups -OCH3 is 1. The van der Waals surface area contributed by atoms with E-state index in [2.05, 4.69) is 10.1 Å². The molecule has 0 fully saturated rings. The number of ether oxygens (including phenoxy) is 1. The number of carbonyl (C=O) groups is 2. The van der Waals surface area contributed by atoms with Gasteiger partial charge in [0.1, 0.15) is 0 Å². The second kappa shape index (κ2) is 7.06. The van der Waals surface area contributed by atoms with E-state index in [-0.39, 0.29) is 18.0 Å². The van der Waals surface area contributed by atoms with Crippen molar-refractivity contribution < 1.29 is 14.3 Å². The number of hydrogen-bond donors (Lipinski definition) is 1. The van der Waals surface area contributed by atoms with Crippen LogP contribution in [-0.4, -0.2) is 30.1 Å². The number of nitrogens with zero attached hydrogens (tertiary/aromatic N) is 1. The Labute approximate surface area is 128 Å². The highest BCUT2D eigenvalue weighted by Gasteiger charge is 2.21. The summed E-state index contributed by atoms with van der Waals surface area (Å²) in [6.07, 6.45) is 7.83. The van der Waals surface area contributed by atoms with Gasteiger partial charge in [-0.05, 0) is 31.2 Å². The van der Waals surface area contributed by atoms with Gasteiger partial charge < -0.3 is 14.6 Å². The van der Waals surface area contributed by atoms with Gasteiger partial charge in [0.05, 0.1) is 12.7 Å². The van der Waals surface area contributed by atoms with Crippen molar-refractivity contribution in [3.05, 3.63) is 45.4 Å².